The highest BCUT2D eigenvalue weighted by Crippen LogP contribution is 2.40. The Balaban J connectivity index is 1.73. The van der Waals surface area contributed by atoms with Crippen LogP contribution in [0.1, 0.15) is 58.8 Å². The maximum atomic E-state index is 12.3. The maximum Gasteiger partial charge on any atom is 0.223 e. The van der Waals surface area contributed by atoms with Crippen LogP contribution in [0.3, 0.4) is 0 Å². The number of hydrogen-bond acceptors (Lipinski definition) is 2. The van der Waals surface area contributed by atoms with Crippen molar-refractivity contribution in [1.82, 2.24) is 10.6 Å². The molecule has 0 aromatic heterocycles. The van der Waals surface area contributed by atoms with Crippen molar-refractivity contribution in [2.75, 3.05) is 13.1 Å². The van der Waals surface area contributed by atoms with Gasteiger partial charge in [-0.25, -0.2) is 0 Å². The van der Waals surface area contributed by atoms with Gasteiger partial charge >= 0.3 is 0 Å². The number of nitrogens with one attached hydrogen (secondary N) is 2. The highest BCUT2D eigenvalue weighted by molar-refractivity contribution is 5.79. The Hall–Kier alpha value is -0.570. The van der Waals surface area contributed by atoms with Crippen LogP contribution in [-0.2, 0) is 4.79 Å². The van der Waals surface area contributed by atoms with Crippen molar-refractivity contribution in [1.29, 1.82) is 0 Å². The van der Waals surface area contributed by atoms with Gasteiger partial charge in [0.2, 0.25) is 5.91 Å². The van der Waals surface area contributed by atoms with E-state index < -0.39 is 0 Å². The van der Waals surface area contributed by atoms with Gasteiger partial charge in [-0.3, -0.25) is 4.79 Å². The summed E-state index contributed by atoms with van der Waals surface area (Å²) in [6, 6.07) is 0.629. The quantitative estimate of drug-likeness (QED) is 0.807. The Kier molecular flexibility index (Phi) is 4.66. The van der Waals surface area contributed by atoms with E-state index in [0.717, 1.165) is 25.9 Å². The molecule has 1 saturated heterocycles. The van der Waals surface area contributed by atoms with Gasteiger partial charge in [-0.15, -0.1) is 0 Å². The number of amides is 1. The van der Waals surface area contributed by atoms with Crippen molar-refractivity contribution in [2.45, 2.75) is 64.8 Å². The first-order valence-corrected chi connectivity index (χ1v) is 7.61. The maximum absolute atomic E-state index is 12.3. The summed E-state index contributed by atoms with van der Waals surface area (Å²) in [5.41, 5.74) is 0.188. The molecule has 2 aliphatic rings. The molecule has 1 aliphatic carbocycles. The van der Waals surface area contributed by atoms with Gasteiger partial charge in [0, 0.05) is 18.5 Å². The molecule has 2 atom stereocenters. The molecule has 0 aromatic carbocycles. The number of rotatable bonds is 4. The first-order chi connectivity index (χ1) is 8.59. The van der Waals surface area contributed by atoms with E-state index in [0.29, 0.717) is 6.04 Å². The van der Waals surface area contributed by atoms with Crippen molar-refractivity contribution in [3.8, 4) is 0 Å². The topological polar surface area (TPSA) is 41.1 Å². The van der Waals surface area contributed by atoms with E-state index in [2.05, 4.69) is 24.5 Å². The number of carbonyl (C=O) groups excluding carboxylic acids is 1. The van der Waals surface area contributed by atoms with Crippen LogP contribution in [0.2, 0.25) is 0 Å². The second kappa shape index (κ2) is 6.05. The summed E-state index contributed by atoms with van der Waals surface area (Å²) in [4.78, 5) is 12.3. The SMILES string of the molecule is CC1(C)CCCCC1C(=O)NCC[C@H]1CCCN1. The average Bonchev–Trinajstić information content (AvgIpc) is 2.81. The zero-order valence-corrected chi connectivity index (χ0v) is 11.9. The monoisotopic (exact) mass is 252 g/mol. The standard InChI is InChI=1S/C15H28N2O/c1-15(2)9-4-3-7-13(15)14(18)17-11-8-12-6-5-10-16-12/h12-13,16H,3-11H2,1-2H3,(H,17,18)/t12-,13?/m1/s1. The Bertz CT molecular complexity index is 282. The van der Waals surface area contributed by atoms with E-state index in [1.807, 2.05) is 0 Å². The first-order valence-electron chi connectivity index (χ1n) is 7.61. The minimum absolute atomic E-state index is 0.188. The van der Waals surface area contributed by atoms with Gasteiger partial charge in [0.15, 0.2) is 0 Å². The summed E-state index contributed by atoms with van der Waals surface area (Å²) in [6.45, 7) is 6.47. The lowest BCUT2D eigenvalue weighted by Gasteiger charge is -2.37. The Morgan fingerprint density at radius 2 is 2.11 bits per heavy atom. The molecule has 0 spiro atoms. The molecule has 18 heavy (non-hydrogen) atoms. The highest BCUT2D eigenvalue weighted by Gasteiger charge is 2.36. The molecule has 0 aromatic rings. The van der Waals surface area contributed by atoms with Crippen LogP contribution in [0, 0.1) is 11.3 Å². The number of carbonyl (C=O) groups is 1. The minimum Gasteiger partial charge on any atom is -0.356 e. The molecular weight excluding hydrogens is 224 g/mol. The summed E-state index contributed by atoms with van der Waals surface area (Å²) < 4.78 is 0. The van der Waals surface area contributed by atoms with Crippen molar-refractivity contribution >= 4 is 5.91 Å². The predicted molar refractivity (Wildman–Crippen MR) is 74.4 cm³/mol. The van der Waals surface area contributed by atoms with Crippen LogP contribution >= 0.6 is 0 Å². The minimum atomic E-state index is 0.188. The molecule has 1 aliphatic heterocycles. The van der Waals surface area contributed by atoms with E-state index in [1.165, 1.54) is 32.1 Å². The zero-order chi connectivity index (χ0) is 13.0. The van der Waals surface area contributed by atoms with Crippen LogP contribution in [0.4, 0.5) is 0 Å². The van der Waals surface area contributed by atoms with Crippen LogP contribution in [0.5, 0.6) is 0 Å². The van der Waals surface area contributed by atoms with Gasteiger partial charge in [0.25, 0.3) is 0 Å². The first kappa shape index (κ1) is 13.9. The summed E-state index contributed by atoms with van der Waals surface area (Å²) in [6.07, 6.45) is 8.39. The Labute approximate surface area is 111 Å². The van der Waals surface area contributed by atoms with Crippen molar-refractivity contribution < 1.29 is 4.79 Å². The van der Waals surface area contributed by atoms with Crippen molar-refractivity contribution in [3.63, 3.8) is 0 Å². The fourth-order valence-electron chi connectivity index (χ4n) is 3.48. The summed E-state index contributed by atoms with van der Waals surface area (Å²) in [7, 11) is 0. The van der Waals surface area contributed by atoms with E-state index in [1.54, 1.807) is 0 Å². The lowest BCUT2D eigenvalue weighted by Crippen LogP contribution is -2.42. The highest BCUT2D eigenvalue weighted by atomic mass is 16.1. The third kappa shape index (κ3) is 3.47. The largest absolute Gasteiger partial charge is 0.356 e. The molecule has 2 fully saturated rings. The van der Waals surface area contributed by atoms with E-state index in [-0.39, 0.29) is 17.2 Å². The van der Waals surface area contributed by atoms with Gasteiger partial charge in [-0.05, 0) is 44.1 Å². The van der Waals surface area contributed by atoms with E-state index in [9.17, 15) is 4.79 Å². The molecular formula is C15H28N2O. The van der Waals surface area contributed by atoms with Gasteiger partial charge in [0.1, 0.15) is 0 Å². The summed E-state index contributed by atoms with van der Waals surface area (Å²) >= 11 is 0. The lowest BCUT2D eigenvalue weighted by molar-refractivity contribution is -0.130. The average molecular weight is 252 g/mol. The molecule has 1 amide bonds. The smallest absolute Gasteiger partial charge is 0.223 e. The molecule has 0 bridgehead atoms. The van der Waals surface area contributed by atoms with Crippen LogP contribution in [0.25, 0.3) is 0 Å². The fraction of sp³-hybridized carbons (Fsp3) is 0.933. The van der Waals surface area contributed by atoms with Gasteiger partial charge in [-0.1, -0.05) is 26.7 Å². The fourth-order valence-corrected chi connectivity index (χ4v) is 3.48. The van der Waals surface area contributed by atoms with Crippen LogP contribution in [0.15, 0.2) is 0 Å². The Morgan fingerprint density at radius 3 is 2.78 bits per heavy atom. The van der Waals surface area contributed by atoms with Gasteiger partial charge < -0.3 is 10.6 Å². The lowest BCUT2D eigenvalue weighted by atomic mass is 9.68. The summed E-state index contributed by atoms with van der Waals surface area (Å²) in [5.74, 6) is 0.514. The van der Waals surface area contributed by atoms with Gasteiger partial charge in [-0.2, -0.15) is 0 Å². The second-order valence-corrected chi connectivity index (χ2v) is 6.66. The molecule has 1 unspecified atom stereocenters. The molecule has 3 heteroatoms. The van der Waals surface area contributed by atoms with E-state index >= 15 is 0 Å². The van der Waals surface area contributed by atoms with Crippen molar-refractivity contribution in [3.05, 3.63) is 0 Å². The molecule has 0 radical (unpaired) electrons. The third-order valence-electron chi connectivity index (χ3n) is 4.78. The van der Waals surface area contributed by atoms with Crippen LogP contribution in [-0.4, -0.2) is 25.0 Å². The van der Waals surface area contributed by atoms with Crippen LogP contribution < -0.4 is 10.6 Å². The third-order valence-corrected chi connectivity index (χ3v) is 4.78. The van der Waals surface area contributed by atoms with E-state index in [4.69, 9.17) is 0 Å². The Morgan fingerprint density at radius 1 is 1.28 bits per heavy atom. The molecule has 1 saturated carbocycles. The second-order valence-electron chi connectivity index (χ2n) is 6.66. The molecule has 2 rings (SSSR count). The molecule has 2 N–H and O–H groups in total. The normalized spacial score (nSPS) is 31.2. The molecule has 1 heterocycles. The van der Waals surface area contributed by atoms with Gasteiger partial charge in [0.05, 0.1) is 0 Å². The number of hydrogen-bond donors (Lipinski definition) is 2. The predicted octanol–water partition coefficient (Wildman–Crippen LogP) is 2.46. The van der Waals surface area contributed by atoms with Crippen molar-refractivity contribution in [2.24, 2.45) is 11.3 Å². The molecule has 104 valence electrons. The molecule has 3 nitrogen and oxygen atoms in total. The zero-order valence-electron chi connectivity index (χ0n) is 11.9. The summed E-state index contributed by atoms with van der Waals surface area (Å²) in [5, 5.41) is 6.63.